The van der Waals surface area contributed by atoms with Crippen molar-refractivity contribution in [2.45, 2.75) is 6.92 Å². The zero-order valence-corrected chi connectivity index (χ0v) is 13.8. The Labute approximate surface area is 149 Å². The van der Waals surface area contributed by atoms with Crippen LogP contribution in [0.2, 0.25) is 0 Å². The summed E-state index contributed by atoms with van der Waals surface area (Å²) >= 11 is 0. The van der Waals surface area contributed by atoms with Gasteiger partial charge < -0.3 is 9.52 Å². The summed E-state index contributed by atoms with van der Waals surface area (Å²) in [6.07, 6.45) is 4.41. The summed E-state index contributed by atoms with van der Waals surface area (Å²) < 4.78 is 5.68. The van der Waals surface area contributed by atoms with Crippen molar-refractivity contribution in [2.24, 2.45) is 5.10 Å². The van der Waals surface area contributed by atoms with Crippen molar-refractivity contribution >= 4 is 18.1 Å². The second-order valence-corrected chi connectivity index (χ2v) is 5.48. The number of furan rings is 1. The van der Waals surface area contributed by atoms with E-state index in [4.69, 9.17) is 9.52 Å². The number of carbonyl (C=O) groups is 2. The fourth-order valence-corrected chi connectivity index (χ4v) is 2.36. The molecule has 130 valence electrons. The molecule has 0 aliphatic heterocycles. The summed E-state index contributed by atoms with van der Waals surface area (Å²) in [5.41, 5.74) is 4.59. The smallest absolute Gasteiger partial charge is 0.335 e. The van der Waals surface area contributed by atoms with Crippen molar-refractivity contribution in [1.29, 1.82) is 0 Å². The number of rotatable bonds is 5. The Kier molecular flexibility index (Phi) is 4.89. The molecule has 2 aromatic heterocycles. The van der Waals surface area contributed by atoms with Crippen LogP contribution < -0.4 is 5.43 Å². The van der Waals surface area contributed by atoms with Crippen molar-refractivity contribution in [1.82, 2.24) is 10.4 Å². The first kappa shape index (κ1) is 17.1. The van der Waals surface area contributed by atoms with Gasteiger partial charge in [0.05, 0.1) is 17.3 Å². The number of hydrogen-bond donors (Lipinski definition) is 2. The lowest BCUT2D eigenvalue weighted by Gasteiger charge is -2.03. The quantitative estimate of drug-likeness (QED) is 0.544. The van der Waals surface area contributed by atoms with Crippen molar-refractivity contribution < 1.29 is 19.1 Å². The van der Waals surface area contributed by atoms with Crippen LogP contribution in [0.15, 0.2) is 64.4 Å². The first-order valence-corrected chi connectivity index (χ1v) is 7.72. The molecule has 3 rings (SSSR count). The number of pyridine rings is 1. The topological polar surface area (TPSA) is 105 Å². The van der Waals surface area contributed by atoms with E-state index in [1.165, 1.54) is 18.5 Å². The molecule has 2 N–H and O–H groups in total. The average Bonchev–Trinajstić information content (AvgIpc) is 3.10. The number of hydrogen-bond acceptors (Lipinski definition) is 5. The first-order valence-electron chi connectivity index (χ1n) is 7.72. The van der Waals surface area contributed by atoms with E-state index < -0.39 is 5.97 Å². The maximum atomic E-state index is 11.8. The second-order valence-electron chi connectivity index (χ2n) is 5.48. The van der Waals surface area contributed by atoms with Gasteiger partial charge >= 0.3 is 5.97 Å². The van der Waals surface area contributed by atoms with Crippen LogP contribution in [0.1, 0.15) is 32.0 Å². The van der Waals surface area contributed by atoms with Gasteiger partial charge in [-0.2, -0.15) is 5.10 Å². The number of amides is 1. The van der Waals surface area contributed by atoms with Crippen LogP contribution in [0.3, 0.4) is 0 Å². The molecule has 7 nitrogen and oxygen atoms in total. The Bertz CT molecular complexity index is 977. The highest BCUT2D eigenvalue weighted by Crippen LogP contribution is 2.26. The minimum atomic E-state index is -0.976. The van der Waals surface area contributed by atoms with E-state index in [0.717, 1.165) is 11.1 Å². The second kappa shape index (κ2) is 7.43. The summed E-state index contributed by atoms with van der Waals surface area (Å²) in [6, 6.07) is 11.6. The number of carbonyl (C=O) groups excluding carboxylic acids is 1. The Morgan fingerprint density at radius 2 is 2.04 bits per heavy atom. The molecule has 26 heavy (non-hydrogen) atoms. The summed E-state index contributed by atoms with van der Waals surface area (Å²) in [6.45, 7) is 1.81. The molecular weight excluding hydrogens is 334 g/mol. The molecule has 0 fully saturated rings. The molecular formula is C19H15N3O4. The predicted octanol–water partition coefficient (Wildman–Crippen LogP) is 3.11. The molecule has 1 aromatic carbocycles. The molecule has 0 saturated carbocycles. The Morgan fingerprint density at radius 3 is 2.73 bits per heavy atom. The Hall–Kier alpha value is -3.74. The van der Waals surface area contributed by atoms with Gasteiger partial charge in [-0.1, -0.05) is 6.07 Å². The van der Waals surface area contributed by atoms with E-state index in [1.807, 2.05) is 6.92 Å². The van der Waals surface area contributed by atoms with E-state index >= 15 is 0 Å². The summed E-state index contributed by atoms with van der Waals surface area (Å²) in [7, 11) is 0. The molecule has 3 aromatic rings. The van der Waals surface area contributed by atoms with Gasteiger partial charge in [0.15, 0.2) is 0 Å². The summed E-state index contributed by atoms with van der Waals surface area (Å²) in [4.78, 5) is 26.7. The number of aromatic nitrogens is 1. The number of nitrogens with zero attached hydrogens (tertiary/aromatic N) is 2. The maximum absolute atomic E-state index is 11.8. The van der Waals surface area contributed by atoms with Gasteiger partial charge in [-0.25, -0.2) is 10.2 Å². The van der Waals surface area contributed by atoms with Crippen molar-refractivity contribution in [3.8, 4) is 11.3 Å². The molecule has 0 saturated heterocycles. The lowest BCUT2D eigenvalue weighted by molar-refractivity contribution is 0.0696. The average molecular weight is 349 g/mol. The molecule has 0 unspecified atom stereocenters. The molecule has 0 aliphatic rings. The van der Waals surface area contributed by atoms with Crippen LogP contribution in [0.5, 0.6) is 0 Å². The minimum absolute atomic E-state index is 0.220. The van der Waals surface area contributed by atoms with E-state index in [9.17, 15) is 9.59 Å². The van der Waals surface area contributed by atoms with Gasteiger partial charge in [-0.15, -0.1) is 0 Å². The van der Waals surface area contributed by atoms with Gasteiger partial charge in [-0.3, -0.25) is 9.78 Å². The largest absolute Gasteiger partial charge is 0.478 e. The third-order valence-electron chi connectivity index (χ3n) is 3.65. The van der Waals surface area contributed by atoms with Crippen LogP contribution in [-0.2, 0) is 0 Å². The fraction of sp³-hybridized carbons (Fsp3) is 0.0526. The lowest BCUT2D eigenvalue weighted by atomic mass is 10.0. The number of nitrogens with one attached hydrogen (secondary N) is 1. The normalized spacial score (nSPS) is 10.8. The molecule has 7 heteroatoms. The zero-order valence-electron chi connectivity index (χ0n) is 13.8. The number of carboxylic acid groups (broad SMARTS) is 1. The molecule has 0 aliphatic carbocycles. The highest BCUT2D eigenvalue weighted by atomic mass is 16.4. The van der Waals surface area contributed by atoms with Crippen molar-refractivity contribution in [3.05, 3.63) is 77.3 Å². The van der Waals surface area contributed by atoms with Crippen LogP contribution in [0.4, 0.5) is 0 Å². The summed E-state index contributed by atoms with van der Waals surface area (Å²) in [5.74, 6) is -0.315. The number of carboxylic acids is 1. The highest BCUT2D eigenvalue weighted by Gasteiger charge is 2.10. The zero-order chi connectivity index (χ0) is 18.5. The Balaban J connectivity index is 1.70. The van der Waals surface area contributed by atoms with E-state index in [2.05, 4.69) is 15.5 Å². The van der Waals surface area contributed by atoms with E-state index in [-0.39, 0.29) is 11.5 Å². The van der Waals surface area contributed by atoms with Gasteiger partial charge in [0, 0.05) is 18.0 Å². The van der Waals surface area contributed by atoms with Gasteiger partial charge in [0.1, 0.15) is 11.5 Å². The van der Waals surface area contributed by atoms with Crippen molar-refractivity contribution in [2.75, 3.05) is 0 Å². The number of benzene rings is 1. The molecule has 0 atom stereocenters. The van der Waals surface area contributed by atoms with Crippen LogP contribution in [-0.4, -0.2) is 28.2 Å². The number of aromatic carboxylic acids is 1. The summed E-state index contributed by atoms with van der Waals surface area (Å²) in [5, 5.41) is 12.9. The minimum Gasteiger partial charge on any atom is -0.478 e. The molecule has 0 radical (unpaired) electrons. The predicted molar refractivity (Wildman–Crippen MR) is 95.1 cm³/mol. The fourth-order valence-electron chi connectivity index (χ4n) is 2.36. The van der Waals surface area contributed by atoms with Crippen LogP contribution in [0, 0.1) is 6.92 Å². The standard InChI is InChI=1S/C19H15N3O4/c1-12-9-13(19(24)25)4-6-16(12)17-7-5-15(26-17)11-21-22-18(23)14-3-2-8-20-10-14/h2-11H,1H3,(H,22,23)(H,24,25)/b21-11-. The van der Waals surface area contributed by atoms with Gasteiger partial charge in [0.25, 0.3) is 5.91 Å². The lowest BCUT2D eigenvalue weighted by Crippen LogP contribution is -2.17. The molecule has 0 bridgehead atoms. The third kappa shape index (κ3) is 3.84. The Morgan fingerprint density at radius 1 is 1.19 bits per heavy atom. The van der Waals surface area contributed by atoms with E-state index in [0.29, 0.717) is 17.1 Å². The van der Waals surface area contributed by atoms with Gasteiger partial charge in [0.2, 0.25) is 0 Å². The molecule has 2 heterocycles. The highest BCUT2D eigenvalue weighted by molar-refractivity contribution is 5.94. The van der Waals surface area contributed by atoms with Gasteiger partial charge in [-0.05, 0) is 48.9 Å². The maximum Gasteiger partial charge on any atom is 0.335 e. The van der Waals surface area contributed by atoms with Crippen LogP contribution >= 0.6 is 0 Å². The van der Waals surface area contributed by atoms with Crippen LogP contribution in [0.25, 0.3) is 11.3 Å². The first-order chi connectivity index (χ1) is 12.5. The number of hydrazone groups is 1. The monoisotopic (exact) mass is 349 g/mol. The molecule has 0 spiro atoms. The molecule has 1 amide bonds. The number of aryl methyl sites for hydroxylation is 1. The SMILES string of the molecule is Cc1cc(C(=O)O)ccc1-c1ccc(/C=N\NC(=O)c2cccnc2)o1. The van der Waals surface area contributed by atoms with Crippen molar-refractivity contribution in [3.63, 3.8) is 0 Å². The third-order valence-corrected chi connectivity index (χ3v) is 3.65. The van der Waals surface area contributed by atoms with E-state index in [1.54, 1.807) is 42.6 Å².